The highest BCUT2D eigenvalue weighted by Crippen LogP contribution is 2.37. The number of piperidine rings is 1. The summed E-state index contributed by atoms with van der Waals surface area (Å²) in [5.41, 5.74) is 9.03. The number of halogens is 2. The highest BCUT2D eigenvalue weighted by atomic mass is 32.2. The Morgan fingerprint density at radius 2 is 2.09 bits per heavy atom. The lowest BCUT2D eigenvalue weighted by molar-refractivity contribution is 0.0354. The molecule has 0 spiro atoms. The van der Waals surface area contributed by atoms with Gasteiger partial charge < -0.3 is 10.2 Å². The van der Waals surface area contributed by atoms with E-state index in [0.717, 1.165) is 33.7 Å². The van der Waals surface area contributed by atoms with Crippen LogP contribution in [0.4, 0.5) is 8.78 Å². The van der Waals surface area contributed by atoms with Crippen LogP contribution in [0.25, 0.3) is 0 Å². The summed E-state index contributed by atoms with van der Waals surface area (Å²) in [4.78, 5) is 8.38. The highest BCUT2D eigenvalue weighted by molar-refractivity contribution is 7.89. The highest BCUT2D eigenvalue weighted by Gasteiger charge is 2.41. The third kappa shape index (κ3) is 4.31. The number of nitrogens with zero attached hydrogens (tertiary/aromatic N) is 5. The first-order valence-electron chi connectivity index (χ1n) is 10.5. The Labute approximate surface area is 189 Å². The Morgan fingerprint density at radius 1 is 1.27 bits per heavy atom. The summed E-state index contributed by atoms with van der Waals surface area (Å²) < 4.78 is 58.3. The van der Waals surface area contributed by atoms with E-state index in [1.807, 2.05) is 4.90 Å². The molecule has 0 aliphatic carbocycles. The maximum absolute atomic E-state index is 14.7. The minimum atomic E-state index is -3.44. The van der Waals surface area contributed by atoms with Gasteiger partial charge in [-0.25, -0.2) is 22.2 Å². The normalized spacial score (nSPS) is 24.3. The van der Waals surface area contributed by atoms with Crippen molar-refractivity contribution in [2.45, 2.75) is 44.2 Å². The molecule has 2 N–H and O–H groups in total. The predicted octanol–water partition coefficient (Wildman–Crippen LogP) is 1.62. The summed E-state index contributed by atoms with van der Waals surface area (Å²) in [6.45, 7) is 1.93. The molecule has 9 nitrogen and oxygen atoms in total. The van der Waals surface area contributed by atoms with Crippen molar-refractivity contribution in [2.75, 3.05) is 12.8 Å². The van der Waals surface area contributed by atoms with E-state index < -0.39 is 33.7 Å². The van der Waals surface area contributed by atoms with Gasteiger partial charge in [0.05, 0.1) is 23.7 Å². The SMILES string of the molecule is CS(=O)(=O)n1cc2c(n1)CN([C@@H]1C[C@H](N)C(c3cc(F)ccc3F)N(Cc3cocn3)C1)C2. The maximum atomic E-state index is 14.7. The first kappa shape index (κ1) is 22.1. The van der Waals surface area contributed by atoms with Crippen molar-refractivity contribution < 1.29 is 21.6 Å². The van der Waals surface area contributed by atoms with E-state index in [2.05, 4.69) is 15.0 Å². The summed E-state index contributed by atoms with van der Waals surface area (Å²) >= 11 is 0. The average Bonchev–Trinajstić information content (AvgIpc) is 3.46. The Hall–Kier alpha value is -2.67. The summed E-state index contributed by atoms with van der Waals surface area (Å²) in [5, 5.41) is 4.22. The predicted molar refractivity (Wildman–Crippen MR) is 114 cm³/mol. The molecule has 1 fully saturated rings. The second kappa shape index (κ2) is 8.28. The van der Waals surface area contributed by atoms with Crippen molar-refractivity contribution in [2.24, 2.45) is 5.73 Å². The van der Waals surface area contributed by atoms with Crippen molar-refractivity contribution in [1.29, 1.82) is 0 Å². The van der Waals surface area contributed by atoms with E-state index in [9.17, 15) is 17.2 Å². The number of aromatic nitrogens is 3. The Bertz CT molecular complexity index is 1240. The van der Waals surface area contributed by atoms with Gasteiger partial charge in [0.25, 0.3) is 10.0 Å². The van der Waals surface area contributed by atoms with Gasteiger partial charge >= 0.3 is 0 Å². The molecule has 5 rings (SSSR count). The first-order chi connectivity index (χ1) is 15.7. The van der Waals surface area contributed by atoms with Crippen LogP contribution in [0.3, 0.4) is 0 Å². The van der Waals surface area contributed by atoms with Crippen LogP contribution in [0, 0.1) is 11.6 Å². The second-order valence-corrected chi connectivity index (χ2v) is 10.6. The zero-order valence-corrected chi connectivity index (χ0v) is 18.8. The fraction of sp³-hybridized carbons (Fsp3) is 0.429. The molecule has 3 aromatic rings. The van der Waals surface area contributed by atoms with Crippen LogP contribution in [0.5, 0.6) is 0 Å². The van der Waals surface area contributed by atoms with Gasteiger partial charge in [-0.3, -0.25) is 9.80 Å². The third-order valence-corrected chi connectivity index (χ3v) is 7.22. The topological polar surface area (TPSA) is 110 Å². The van der Waals surface area contributed by atoms with E-state index in [4.69, 9.17) is 10.2 Å². The van der Waals surface area contributed by atoms with Crippen LogP contribution >= 0.6 is 0 Å². The molecule has 0 bridgehead atoms. The smallest absolute Gasteiger partial charge is 0.250 e. The van der Waals surface area contributed by atoms with Crippen molar-refractivity contribution in [3.05, 3.63) is 71.2 Å². The summed E-state index contributed by atoms with van der Waals surface area (Å²) in [6, 6.07) is 2.44. The fourth-order valence-electron chi connectivity index (χ4n) is 4.87. The minimum absolute atomic E-state index is 0.0145. The van der Waals surface area contributed by atoms with Crippen LogP contribution < -0.4 is 5.73 Å². The van der Waals surface area contributed by atoms with Gasteiger partial charge in [0.2, 0.25) is 0 Å². The number of oxazole rings is 1. The zero-order chi connectivity index (χ0) is 23.3. The number of rotatable bonds is 5. The molecule has 2 aliphatic rings. The first-order valence-corrected chi connectivity index (χ1v) is 12.4. The molecule has 176 valence electrons. The van der Waals surface area contributed by atoms with Gasteiger partial charge in [-0.1, -0.05) is 0 Å². The molecular formula is C21H24F2N6O3S. The lowest BCUT2D eigenvalue weighted by Gasteiger charge is -2.46. The number of nitrogens with two attached hydrogens (primary N) is 1. The maximum Gasteiger partial charge on any atom is 0.250 e. The molecule has 2 aromatic heterocycles. The molecule has 4 heterocycles. The summed E-state index contributed by atoms with van der Waals surface area (Å²) in [6.07, 6.45) is 6.07. The molecule has 0 radical (unpaired) electrons. The Kier molecular flexibility index (Phi) is 5.55. The van der Waals surface area contributed by atoms with Gasteiger partial charge in [-0.15, -0.1) is 0 Å². The number of hydrogen-bond donors (Lipinski definition) is 1. The third-order valence-electron chi connectivity index (χ3n) is 6.35. The van der Waals surface area contributed by atoms with E-state index >= 15 is 0 Å². The summed E-state index contributed by atoms with van der Waals surface area (Å²) in [5.74, 6) is -1.02. The molecule has 12 heteroatoms. The van der Waals surface area contributed by atoms with Crippen molar-refractivity contribution >= 4 is 10.0 Å². The number of hydrogen-bond acceptors (Lipinski definition) is 8. The van der Waals surface area contributed by atoms with Gasteiger partial charge in [0.15, 0.2) is 6.39 Å². The number of likely N-dealkylation sites (tertiary alicyclic amines) is 1. The van der Waals surface area contributed by atoms with E-state index in [0.29, 0.717) is 38.3 Å². The van der Waals surface area contributed by atoms with Gasteiger partial charge in [-0.05, 0) is 24.6 Å². The number of fused-ring (bicyclic) bond motifs is 1. The fourth-order valence-corrected chi connectivity index (χ4v) is 5.44. The molecule has 1 unspecified atom stereocenters. The molecule has 1 aromatic carbocycles. The molecule has 0 saturated carbocycles. The summed E-state index contributed by atoms with van der Waals surface area (Å²) in [7, 11) is -3.44. The molecule has 1 saturated heterocycles. The van der Waals surface area contributed by atoms with Crippen molar-refractivity contribution in [3.8, 4) is 0 Å². The standard InChI is InChI=1S/C21H24F2N6O3S/c1-33(30,31)29-7-13-6-27(10-20(13)26-29)16-5-19(24)21(17-4-14(22)2-3-18(17)23)28(9-16)8-15-11-32-12-25-15/h2-4,7,11-12,16,19,21H,5-6,8-10,24H2,1H3/t16-,19+,21?/m1/s1. The lowest BCUT2D eigenvalue weighted by Crippen LogP contribution is -2.55. The van der Waals surface area contributed by atoms with Crippen LogP contribution in [0.1, 0.15) is 35.0 Å². The molecule has 3 atom stereocenters. The Morgan fingerprint density at radius 3 is 2.79 bits per heavy atom. The molecule has 0 amide bonds. The average molecular weight is 479 g/mol. The van der Waals surface area contributed by atoms with E-state index in [1.165, 1.54) is 18.7 Å². The lowest BCUT2D eigenvalue weighted by atomic mass is 9.87. The molecule has 33 heavy (non-hydrogen) atoms. The molecular weight excluding hydrogens is 454 g/mol. The van der Waals surface area contributed by atoms with Crippen molar-refractivity contribution in [1.82, 2.24) is 24.0 Å². The monoisotopic (exact) mass is 478 g/mol. The van der Waals surface area contributed by atoms with Gasteiger partial charge in [0.1, 0.15) is 17.9 Å². The van der Waals surface area contributed by atoms with Crippen molar-refractivity contribution in [3.63, 3.8) is 0 Å². The zero-order valence-electron chi connectivity index (χ0n) is 17.9. The van der Waals surface area contributed by atoms with Crippen LogP contribution in [0.15, 0.2) is 41.5 Å². The van der Waals surface area contributed by atoms with Crippen LogP contribution in [-0.2, 0) is 29.7 Å². The van der Waals surface area contributed by atoms with E-state index in [-0.39, 0.29) is 11.6 Å². The van der Waals surface area contributed by atoms with Gasteiger partial charge in [0, 0.05) is 55.6 Å². The van der Waals surface area contributed by atoms with E-state index in [1.54, 1.807) is 6.20 Å². The van der Waals surface area contributed by atoms with Gasteiger partial charge in [-0.2, -0.15) is 9.19 Å². The number of benzene rings is 1. The second-order valence-electron chi connectivity index (χ2n) is 8.71. The van der Waals surface area contributed by atoms with Crippen LogP contribution in [-0.4, -0.2) is 57.3 Å². The molecule has 2 aliphatic heterocycles. The Balaban J connectivity index is 1.40. The quantitative estimate of drug-likeness (QED) is 0.589. The minimum Gasteiger partial charge on any atom is -0.451 e. The van der Waals surface area contributed by atoms with Crippen LogP contribution in [0.2, 0.25) is 0 Å². The largest absolute Gasteiger partial charge is 0.451 e.